The molecule has 1 aromatic carbocycles. The molecule has 0 saturated heterocycles. The van der Waals surface area contributed by atoms with Crippen LogP contribution in [0.15, 0.2) is 39.7 Å². The van der Waals surface area contributed by atoms with Gasteiger partial charge in [-0.2, -0.15) is 5.26 Å². The summed E-state index contributed by atoms with van der Waals surface area (Å²) in [6, 6.07) is 8.41. The van der Waals surface area contributed by atoms with Crippen LogP contribution in [-0.2, 0) is 11.8 Å². The minimum absolute atomic E-state index is 0.561. The quantitative estimate of drug-likeness (QED) is 0.854. The lowest BCUT2D eigenvalue weighted by Gasteiger charge is -2.26. The first-order valence-electron chi connectivity index (χ1n) is 5.96. The van der Waals surface area contributed by atoms with Crippen molar-refractivity contribution in [2.45, 2.75) is 25.2 Å². The lowest BCUT2D eigenvalue weighted by molar-refractivity contribution is 0.518. The number of benzene rings is 1. The number of nitrogens with zero attached hydrogens (tertiary/aromatic N) is 2. The van der Waals surface area contributed by atoms with E-state index in [1.807, 2.05) is 31.3 Å². The van der Waals surface area contributed by atoms with Crippen molar-refractivity contribution >= 4 is 31.9 Å². The number of nitriles is 1. The van der Waals surface area contributed by atoms with Crippen LogP contribution < -0.4 is 0 Å². The Morgan fingerprint density at radius 1 is 1.42 bits per heavy atom. The summed E-state index contributed by atoms with van der Waals surface area (Å²) in [4.78, 5) is 7.17. The first-order chi connectivity index (χ1) is 9.11. The molecule has 0 aliphatic heterocycles. The van der Waals surface area contributed by atoms with Crippen molar-refractivity contribution < 1.29 is 0 Å². The smallest absolute Gasteiger partial charge is 0.0923 e. The Balaban J connectivity index is 2.47. The molecule has 1 atom stereocenters. The highest BCUT2D eigenvalue weighted by Crippen LogP contribution is 2.37. The van der Waals surface area contributed by atoms with Gasteiger partial charge in [-0.3, -0.25) is 0 Å². The summed E-state index contributed by atoms with van der Waals surface area (Å²) in [6.45, 7) is 2.03. The monoisotopic (exact) mass is 381 g/mol. The lowest BCUT2D eigenvalue weighted by atomic mass is 9.76. The molecule has 0 fully saturated rings. The highest BCUT2D eigenvalue weighted by molar-refractivity contribution is 9.11. The second-order valence-electron chi connectivity index (χ2n) is 4.41. The third-order valence-corrected chi connectivity index (χ3v) is 4.45. The van der Waals surface area contributed by atoms with Crippen LogP contribution in [0.2, 0.25) is 0 Å². The zero-order valence-electron chi connectivity index (χ0n) is 10.5. The van der Waals surface area contributed by atoms with E-state index in [1.165, 1.54) is 0 Å². The fourth-order valence-electron chi connectivity index (χ4n) is 2.16. The van der Waals surface area contributed by atoms with Gasteiger partial charge in [0.05, 0.1) is 23.5 Å². The highest BCUT2D eigenvalue weighted by atomic mass is 79.9. The van der Waals surface area contributed by atoms with Gasteiger partial charge in [0.25, 0.3) is 0 Å². The number of hydrogen-bond donors (Lipinski definition) is 1. The predicted octanol–water partition coefficient (Wildman–Crippen LogP) is 4.35. The van der Waals surface area contributed by atoms with Crippen molar-refractivity contribution in [3.8, 4) is 6.07 Å². The number of aromatic amines is 1. The topological polar surface area (TPSA) is 52.5 Å². The SMILES string of the molecule is CCC(C#N)(Cc1c[nH]cn1)c1ccc(Br)cc1Br. The summed E-state index contributed by atoms with van der Waals surface area (Å²) >= 11 is 7.00. The summed E-state index contributed by atoms with van der Waals surface area (Å²) in [5.74, 6) is 0. The van der Waals surface area contributed by atoms with Crippen LogP contribution in [0, 0.1) is 11.3 Å². The van der Waals surface area contributed by atoms with Crippen LogP contribution in [-0.4, -0.2) is 9.97 Å². The van der Waals surface area contributed by atoms with Crippen LogP contribution in [0.3, 0.4) is 0 Å². The minimum Gasteiger partial charge on any atom is -0.351 e. The van der Waals surface area contributed by atoms with Crippen LogP contribution in [0.1, 0.15) is 24.6 Å². The number of aromatic nitrogens is 2. The van der Waals surface area contributed by atoms with Gasteiger partial charge in [0.2, 0.25) is 0 Å². The molecular formula is C14H13Br2N3. The number of halogens is 2. The van der Waals surface area contributed by atoms with E-state index in [9.17, 15) is 5.26 Å². The normalized spacial score (nSPS) is 13.8. The van der Waals surface area contributed by atoms with E-state index in [0.717, 1.165) is 26.6 Å². The molecule has 0 aliphatic carbocycles. The van der Waals surface area contributed by atoms with Crippen LogP contribution in [0.5, 0.6) is 0 Å². The van der Waals surface area contributed by atoms with E-state index < -0.39 is 5.41 Å². The van der Waals surface area contributed by atoms with Gasteiger partial charge in [-0.15, -0.1) is 0 Å². The zero-order valence-corrected chi connectivity index (χ0v) is 13.6. The third-order valence-electron chi connectivity index (χ3n) is 3.30. The molecular weight excluding hydrogens is 370 g/mol. The van der Waals surface area contributed by atoms with Gasteiger partial charge < -0.3 is 4.98 Å². The van der Waals surface area contributed by atoms with Crippen molar-refractivity contribution in [2.75, 3.05) is 0 Å². The number of imidazole rings is 1. The molecule has 0 amide bonds. The van der Waals surface area contributed by atoms with Crippen LogP contribution in [0.25, 0.3) is 0 Å². The summed E-state index contributed by atoms with van der Waals surface area (Å²) in [6.07, 6.45) is 4.82. The molecule has 1 N–H and O–H groups in total. The Kier molecular flexibility index (Phi) is 4.43. The predicted molar refractivity (Wildman–Crippen MR) is 81.7 cm³/mol. The van der Waals surface area contributed by atoms with E-state index in [2.05, 4.69) is 47.9 Å². The maximum absolute atomic E-state index is 9.70. The summed E-state index contributed by atoms with van der Waals surface area (Å²) in [7, 11) is 0. The van der Waals surface area contributed by atoms with Gasteiger partial charge in [-0.25, -0.2) is 4.98 Å². The molecule has 0 bridgehead atoms. The Morgan fingerprint density at radius 3 is 2.74 bits per heavy atom. The second-order valence-corrected chi connectivity index (χ2v) is 6.18. The molecule has 1 heterocycles. The average Bonchev–Trinajstić information content (AvgIpc) is 2.89. The largest absolute Gasteiger partial charge is 0.351 e. The highest BCUT2D eigenvalue weighted by Gasteiger charge is 2.33. The molecule has 0 radical (unpaired) electrons. The average molecular weight is 383 g/mol. The molecule has 0 aliphatic rings. The number of H-pyrrole nitrogens is 1. The van der Waals surface area contributed by atoms with E-state index in [4.69, 9.17) is 0 Å². The zero-order chi connectivity index (χ0) is 13.9. The number of rotatable bonds is 4. The molecule has 3 nitrogen and oxygen atoms in total. The van der Waals surface area contributed by atoms with Gasteiger partial charge in [-0.1, -0.05) is 44.8 Å². The second kappa shape index (κ2) is 5.89. The summed E-state index contributed by atoms with van der Waals surface area (Å²) < 4.78 is 1.94. The van der Waals surface area contributed by atoms with Crippen molar-refractivity contribution in [1.29, 1.82) is 5.26 Å². The van der Waals surface area contributed by atoms with Crippen molar-refractivity contribution in [1.82, 2.24) is 9.97 Å². The Hall–Kier alpha value is -1.12. The van der Waals surface area contributed by atoms with Crippen molar-refractivity contribution in [3.05, 3.63) is 50.9 Å². The van der Waals surface area contributed by atoms with Gasteiger partial charge >= 0.3 is 0 Å². The first kappa shape index (κ1) is 14.3. The first-order valence-corrected chi connectivity index (χ1v) is 7.54. The number of hydrogen-bond acceptors (Lipinski definition) is 2. The van der Waals surface area contributed by atoms with Gasteiger partial charge in [0.1, 0.15) is 0 Å². The molecule has 0 saturated carbocycles. The van der Waals surface area contributed by atoms with E-state index in [0.29, 0.717) is 6.42 Å². The fraction of sp³-hybridized carbons (Fsp3) is 0.286. The maximum atomic E-state index is 9.70. The van der Waals surface area contributed by atoms with Gasteiger partial charge in [-0.05, 0) is 24.1 Å². The Morgan fingerprint density at radius 2 is 2.21 bits per heavy atom. The lowest BCUT2D eigenvalue weighted by Crippen LogP contribution is -2.27. The molecule has 0 spiro atoms. The Bertz CT molecular complexity index is 602. The standard InChI is InChI=1S/C14H13Br2N3/c1-2-14(8-17,6-11-7-18-9-19-11)12-4-3-10(15)5-13(12)16/h3-5,7,9H,2,6H2,1H3,(H,18,19). The van der Waals surface area contributed by atoms with E-state index >= 15 is 0 Å². The molecule has 1 aromatic heterocycles. The molecule has 19 heavy (non-hydrogen) atoms. The molecule has 1 unspecified atom stereocenters. The molecule has 5 heteroatoms. The van der Waals surface area contributed by atoms with Gasteiger partial charge in [0.15, 0.2) is 0 Å². The van der Waals surface area contributed by atoms with E-state index in [-0.39, 0.29) is 0 Å². The third kappa shape index (κ3) is 2.90. The van der Waals surface area contributed by atoms with Gasteiger partial charge in [0, 0.05) is 21.6 Å². The van der Waals surface area contributed by atoms with Crippen molar-refractivity contribution in [2.24, 2.45) is 0 Å². The van der Waals surface area contributed by atoms with Crippen molar-refractivity contribution in [3.63, 3.8) is 0 Å². The molecule has 98 valence electrons. The van der Waals surface area contributed by atoms with Crippen LogP contribution >= 0.6 is 31.9 Å². The van der Waals surface area contributed by atoms with E-state index in [1.54, 1.807) is 6.33 Å². The summed E-state index contributed by atoms with van der Waals surface area (Å²) in [5.41, 5.74) is 1.34. The molecule has 2 aromatic rings. The van der Waals surface area contributed by atoms with Crippen LogP contribution in [0.4, 0.5) is 0 Å². The summed E-state index contributed by atoms with van der Waals surface area (Å²) in [5, 5.41) is 9.70. The maximum Gasteiger partial charge on any atom is 0.0923 e. The Labute approximate surface area is 129 Å². The minimum atomic E-state index is -0.561. The fourth-order valence-corrected chi connectivity index (χ4v) is 3.59. The number of nitrogens with one attached hydrogen (secondary N) is 1. The molecule has 2 rings (SSSR count).